The molecule has 0 radical (unpaired) electrons. The first kappa shape index (κ1) is 15.5. The summed E-state index contributed by atoms with van der Waals surface area (Å²) in [5.74, 6) is -0.0791. The van der Waals surface area contributed by atoms with Gasteiger partial charge < -0.3 is 5.32 Å². The van der Waals surface area contributed by atoms with Gasteiger partial charge in [-0.25, -0.2) is 0 Å². The van der Waals surface area contributed by atoms with Crippen LogP contribution < -0.4 is 5.32 Å². The van der Waals surface area contributed by atoms with Gasteiger partial charge >= 0.3 is 0 Å². The largest absolute Gasteiger partial charge is 0.350 e. The van der Waals surface area contributed by atoms with Crippen LogP contribution in [0, 0.1) is 11.3 Å². The zero-order chi connectivity index (χ0) is 15.3. The molecule has 1 aromatic carbocycles. The molecule has 1 aliphatic rings. The van der Waals surface area contributed by atoms with E-state index >= 15 is 0 Å². The molecule has 0 aliphatic carbocycles. The lowest BCUT2D eigenvalue weighted by Gasteiger charge is -2.41. The Kier molecular flexibility index (Phi) is 4.98. The second kappa shape index (κ2) is 6.73. The van der Waals surface area contributed by atoms with Crippen LogP contribution in [-0.2, 0) is 0 Å². The summed E-state index contributed by atoms with van der Waals surface area (Å²) < 4.78 is 0. The number of piperidine rings is 1. The van der Waals surface area contributed by atoms with Gasteiger partial charge in [0.15, 0.2) is 0 Å². The molecule has 0 unspecified atom stereocenters. The molecule has 0 spiro atoms. The summed E-state index contributed by atoms with van der Waals surface area (Å²) >= 11 is 0. The van der Waals surface area contributed by atoms with Crippen molar-refractivity contribution in [3.8, 4) is 6.07 Å². The molecule has 4 nitrogen and oxygen atoms in total. The highest BCUT2D eigenvalue weighted by atomic mass is 16.1. The molecule has 1 N–H and O–H groups in total. The summed E-state index contributed by atoms with van der Waals surface area (Å²) in [6.07, 6.45) is 3.80. The quantitative estimate of drug-likeness (QED) is 0.925. The van der Waals surface area contributed by atoms with Gasteiger partial charge in [-0.1, -0.05) is 6.42 Å². The molecule has 0 atom stereocenters. The molecule has 112 valence electrons. The molecule has 1 aromatic rings. The molecule has 1 aliphatic heterocycles. The van der Waals surface area contributed by atoms with Crippen molar-refractivity contribution in [2.75, 3.05) is 19.6 Å². The molecule has 0 aromatic heterocycles. The summed E-state index contributed by atoms with van der Waals surface area (Å²) in [5, 5.41) is 11.8. The van der Waals surface area contributed by atoms with E-state index in [2.05, 4.69) is 30.1 Å². The van der Waals surface area contributed by atoms with E-state index in [1.807, 2.05) is 0 Å². The molecule has 1 fully saturated rings. The Hall–Kier alpha value is -1.86. The summed E-state index contributed by atoms with van der Waals surface area (Å²) in [6, 6.07) is 8.79. The average Bonchev–Trinajstić information content (AvgIpc) is 2.53. The topological polar surface area (TPSA) is 56.1 Å². The highest BCUT2D eigenvalue weighted by Gasteiger charge is 2.28. The summed E-state index contributed by atoms with van der Waals surface area (Å²) in [6.45, 7) is 7.21. The lowest BCUT2D eigenvalue weighted by Crippen LogP contribution is -2.53. The number of rotatable bonds is 4. The van der Waals surface area contributed by atoms with Crippen LogP contribution in [0.3, 0.4) is 0 Å². The Morgan fingerprint density at radius 2 is 1.86 bits per heavy atom. The van der Waals surface area contributed by atoms with Gasteiger partial charge in [-0.3, -0.25) is 9.69 Å². The molecule has 1 heterocycles. The van der Waals surface area contributed by atoms with Gasteiger partial charge in [0.05, 0.1) is 11.6 Å². The fraction of sp³-hybridized carbons (Fsp3) is 0.529. The first-order valence-corrected chi connectivity index (χ1v) is 7.56. The van der Waals surface area contributed by atoms with Crippen LogP contribution in [0.1, 0.15) is 49.0 Å². The standard InChI is InChI=1S/C17H23N3O/c1-17(2,20-10-4-3-5-11-20)13-19-16(21)15-8-6-14(12-18)7-9-15/h6-9H,3-5,10-11,13H2,1-2H3,(H,19,21). The number of likely N-dealkylation sites (tertiary alicyclic amines) is 1. The number of nitrogens with zero attached hydrogens (tertiary/aromatic N) is 2. The van der Waals surface area contributed by atoms with Crippen molar-refractivity contribution in [2.45, 2.75) is 38.6 Å². The van der Waals surface area contributed by atoms with E-state index in [1.165, 1.54) is 19.3 Å². The van der Waals surface area contributed by atoms with E-state index in [0.29, 0.717) is 17.7 Å². The van der Waals surface area contributed by atoms with Crippen LogP contribution in [0.2, 0.25) is 0 Å². The molecule has 0 bridgehead atoms. The minimum Gasteiger partial charge on any atom is -0.350 e. The fourth-order valence-corrected chi connectivity index (χ4v) is 2.71. The molecule has 1 amide bonds. The maximum absolute atomic E-state index is 12.2. The van der Waals surface area contributed by atoms with Crippen molar-refractivity contribution in [3.63, 3.8) is 0 Å². The number of benzene rings is 1. The summed E-state index contributed by atoms with van der Waals surface area (Å²) in [7, 11) is 0. The number of carbonyl (C=O) groups excluding carboxylic acids is 1. The third-order valence-electron chi connectivity index (χ3n) is 4.17. The van der Waals surface area contributed by atoms with Crippen LogP contribution in [0.4, 0.5) is 0 Å². The number of hydrogen-bond acceptors (Lipinski definition) is 3. The number of nitrogens with one attached hydrogen (secondary N) is 1. The number of hydrogen-bond donors (Lipinski definition) is 1. The van der Waals surface area contributed by atoms with Crippen molar-refractivity contribution in [1.29, 1.82) is 5.26 Å². The molecule has 2 rings (SSSR count). The normalized spacial score (nSPS) is 16.2. The average molecular weight is 285 g/mol. The van der Waals surface area contributed by atoms with Crippen molar-refractivity contribution in [1.82, 2.24) is 10.2 Å². The van der Waals surface area contributed by atoms with Crippen LogP contribution in [0.5, 0.6) is 0 Å². The molecule has 4 heteroatoms. The van der Waals surface area contributed by atoms with Crippen molar-refractivity contribution in [3.05, 3.63) is 35.4 Å². The van der Waals surface area contributed by atoms with Crippen molar-refractivity contribution in [2.24, 2.45) is 0 Å². The van der Waals surface area contributed by atoms with Gasteiger partial charge in [0.25, 0.3) is 5.91 Å². The lowest BCUT2D eigenvalue weighted by molar-refractivity contribution is 0.0797. The second-order valence-electron chi connectivity index (χ2n) is 6.23. The molecular formula is C17H23N3O. The number of amides is 1. The Bertz CT molecular complexity index is 522. The third kappa shape index (κ3) is 4.05. The highest BCUT2D eigenvalue weighted by molar-refractivity contribution is 5.94. The van der Waals surface area contributed by atoms with Gasteiger partial charge in [-0.15, -0.1) is 0 Å². The van der Waals surface area contributed by atoms with E-state index in [9.17, 15) is 4.79 Å². The maximum atomic E-state index is 12.2. The van der Waals surface area contributed by atoms with Crippen molar-refractivity contribution >= 4 is 5.91 Å². The maximum Gasteiger partial charge on any atom is 0.251 e. The third-order valence-corrected chi connectivity index (χ3v) is 4.17. The summed E-state index contributed by atoms with van der Waals surface area (Å²) in [5.41, 5.74) is 1.14. The Morgan fingerprint density at radius 1 is 1.24 bits per heavy atom. The molecular weight excluding hydrogens is 262 g/mol. The van der Waals surface area contributed by atoms with E-state index in [4.69, 9.17) is 5.26 Å². The van der Waals surface area contributed by atoms with E-state index in [1.54, 1.807) is 24.3 Å². The number of carbonyl (C=O) groups is 1. The minimum absolute atomic E-state index is 0.0251. The summed E-state index contributed by atoms with van der Waals surface area (Å²) in [4.78, 5) is 14.6. The zero-order valence-corrected chi connectivity index (χ0v) is 12.9. The minimum atomic E-state index is -0.0791. The Labute approximate surface area is 126 Å². The van der Waals surface area contributed by atoms with Gasteiger partial charge in [0.1, 0.15) is 0 Å². The van der Waals surface area contributed by atoms with Crippen LogP contribution in [0.25, 0.3) is 0 Å². The van der Waals surface area contributed by atoms with Gasteiger partial charge in [-0.2, -0.15) is 5.26 Å². The molecule has 0 saturated carbocycles. The second-order valence-corrected chi connectivity index (χ2v) is 6.23. The fourth-order valence-electron chi connectivity index (χ4n) is 2.71. The predicted octanol–water partition coefficient (Wildman–Crippen LogP) is 2.55. The van der Waals surface area contributed by atoms with Crippen molar-refractivity contribution < 1.29 is 4.79 Å². The zero-order valence-electron chi connectivity index (χ0n) is 12.9. The van der Waals surface area contributed by atoms with E-state index in [-0.39, 0.29) is 11.4 Å². The Balaban J connectivity index is 1.91. The molecule has 1 saturated heterocycles. The smallest absolute Gasteiger partial charge is 0.251 e. The van der Waals surface area contributed by atoms with Crippen LogP contribution in [0.15, 0.2) is 24.3 Å². The van der Waals surface area contributed by atoms with Crippen LogP contribution >= 0.6 is 0 Å². The van der Waals surface area contributed by atoms with Gasteiger partial charge in [0.2, 0.25) is 0 Å². The predicted molar refractivity (Wildman–Crippen MR) is 83.0 cm³/mol. The first-order valence-electron chi connectivity index (χ1n) is 7.56. The first-order chi connectivity index (χ1) is 10.0. The van der Waals surface area contributed by atoms with E-state index in [0.717, 1.165) is 13.1 Å². The Morgan fingerprint density at radius 3 is 2.43 bits per heavy atom. The lowest BCUT2D eigenvalue weighted by atomic mass is 9.98. The van der Waals surface area contributed by atoms with E-state index < -0.39 is 0 Å². The SMILES string of the molecule is CC(C)(CNC(=O)c1ccc(C#N)cc1)N1CCCCC1. The monoisotopic (exact) mass is 285 g/mol. The van der Waals surface area contributed by atoms with Gasteiger partial charge in [0, 0.05) is 17.6 Å². The number of nitriles is 1. The molecule has 21 heavy (non-hydrogen) atoms. The van der Waals surface area contributed by atoms with Gasteiger partial charge in [-0.05, 0) is 64.0 Å². The van der Waals surface area contributed by atoms with Crippen LogP contribution in [-0.4, -0.2) is 36.0 Å². The highest BCUT2D eigenvalue weighted by Crippen LogP contribution is 2.19.